The summed E-state index contributed by atoms with van der Waals surface area (Å²) in [6.07, 6.45) is 8.80. The van der Waals surface area contributed by atoms with E-state index in [-0.39, 0.29) is 60.1 Å². The van der Waals surface area contributed by atoms with E-state index in [0.29, 0.717) is 99.6 Å². The zero-order valence-electron chi connectivity index (χ0n) is 47.1. The smallest absolute Gasteiger partial charge is 0.264 e. The van der Waals surface area contributed by atoms with Crippen molar-refractivity contribution < 1.29 is 53.1 Å². The molecule has 3 aliphatic heterocycles. The average molecular weight is 1120 g/mol. The molecule has 9 rings (SSSR count). The molecule has 2 aromatic carbocycles. The van der Waals surface area contributed by atoms with Crippen LogP contribution in [0, 0.1) is 5.92 Å². The van der Waals surface area contributed by atoms with Crippen LogP contribution in [0.5, 0.6) is 0 Å². The number of hydrogen-bond donors (Lipinski definition) is 7. The highest BCUT2D eigenvalue weighted by Crippen LogP contribution is 2.40. The van der Waals surface area contributed by atoms with E-state index in [0.717, 1.165) is 73.1 Å². The molecule has 2 unspecified atom stereocenters. The number of piperidine rings is 1. The maximum atomic E-state index is 13.3. The number of aromatic nitrogens is 6. The van der Waals surface area contributed by atoms with Gasteiger partial charge in [-0.1, -0.05) is 45.7 Å². The number of nitrogens with one attached hydrogen (secondary N) is 5. The van der Waals surface area contributed by atoms with Gasteiger partial charge in [0.15, 0.2) is 34.6 Å². The predicted octanol–water partition coefficient (Wildman–Crippen LogP) is 5.82. The lowest BCUT2D eigenvalue weighted by Gasteiger charge is -2.45. The van der Waals surface area contributed by atoms with Crippen LogP contribution >= 0.6 is 0 Å². The minimum Gasteiger partial charge on any atom is -0.506 e. The van der Waals surface area contributed by atoms with Crippen LogP contribution in [0.2, 0.25) is 0 Å². The number of aliphatic hydroxyl groups is 2. The second kappa shape index (κ2) is 26.7. The molecule has 3 aromatic heterocycles. The highest BCUT2D eigenvalue weighted by molar-refractivity contribution is 6.25. The summed E-state index contributed by atoms with van der Waals surface area (Å²) < 4.78 is 24.7. The molecule has 1 saturated carbocycles. The molecule has 2 fully saturated rings. The standard InChI is InChI=1S/C58H78N12O11/c1-35(2)68(38-29-36(30-38)13-17-45-65-40-15-14-37(58(3,4)5)31-42(40)66-45)32-44-50(73)51(74)57(81-44)69-34-64-49-52(62-33-63-53(49)69)61-21-9-7-6-8-20-60-46(71)19-23-78-25-27-80-28-26-79-24-22-59-41-12-10-11-39-48(41)56(77)70(55(39)76)43-16-18-47(72)67-54(43)75/h10-12,14-15,31,33-36,38,43,51,57,59,73-74H,6-9,13,16-30,32H2,1-5H3,(H,60,71)(H,65,66)(H,61,62,63)(H,67,72,75)/t36?,38?,43?,51?,57-/m1/s1. The number of hydrogen-bond acceptors (Lipinski definition) is 18. The monoisotopic (exact) mass is 1120 g/mol. The third kappa shape index (κ3) is 14.2. The SMILES string of the molecule is CC(C)N(CC1=C(O)C(O)[C@H](n2cnc3c(NCCCCCCNC(=O)CCOCCOCCOCCNc4cccc5c4C(=O)N(C4CCC(=O)NC4=O)C5=O)ncnc32)O1)C1CC(CCc2nc3ccc(C(C)(C)C)cc3[nH]2)C1. The van der Waals surface area contributed by atoms with Crippen LogP contribution in [0.3, 0.4) is 0 Å². The number of aliphatic hydroxyl groups excluding tert-OH is 2. The number of imidazole rings is 2. The van der Waals surface area contributed by atoms with E-state index in [2.05, 4.69) is 98.9 Å². The first kappa shape index (κ1) is 58.6. The third-order valence-electron chi connectivity index (χ3n) is 15.6. The number of nitrogens with zero attached hydrogens (tertiary/aromatic N) is 7. The number of rotatable bonds is 30. The molecule has 7 N–H and O–H groups in total. The zero-order chi connectivity index (χ0) is 57.2. The Hall–Kier alpha value is -7.05. The molecule has 4 aliphatic rings. The van der Waals surface area contributed by atoms with Gasteiger partial charge >= 0.3 is 0 Å². The molecule has 23 heteroatoms. The Morgan fingerprint density at radius 2 is 1.65 bits per heavy atom. The summed E-state index contributed by atoms with van der Waals surface area (Å²) in [6, 6.07) is 10.9. The number of benzene rings is 2. The number of imide groups is 2. The van der Waals surface area contributed by atoms with Crippen LogP contribution in [0.4, 0.5) is 11.5 Å². The van der Waals surface area contributed by atoms with E-state index in [1.165, 1.54) is 11.9 Å². The van der Waals surface area contributed by atoms with Crippen molar-refractivity contribution in [2.24, 2.45) is 5.92 Å². The molecule has 0 spiro atoms. The van der Waals surface area contributed by atoms with Crippen molar-refractivity contribution in [3.63, 3.8) is 0 Å². The molecule has 0 radical (unpaired) electrons. The normalized spacial score (nSPS) is 20.2. The molecule has 1 aliphatic carbocycles. The van der Waals surface area contributed by atoms with Gasteiger partial charge in [0.05, 0.1) is 68.3 Å². The molecular formula is C58H78N12O11. The van der Waals surface area contributed by atoms with E-state index in [4.69, 9.17) is 23.9 Å². The molecule has 0 bridgehead atoms. The summed E-state index contributed by atoms with van der Waals surface area (Å²) >= 11 is 0. The Labute approximate surface area is 471 Å². The molecule has 5 aromatic rings. The van der Waals surface area contributed by atoms with Gasteiger partial charge in [0.1, 0.15) is 24.5 Å². The highest BCUT2D eigenvalue weighted by Gasteiger charge is 2.46. The van der Waals surface area contributed by atoms with Crippen LogP contribution < -0.4 is 21.3 Å². The zero-order valence-corrected chi connectivity index (χ0v) is 47.1. The number of H-pyrrole nitrogens is 1. The van der Waals surface area contributed by atoms with Crippen molar-refractivity contribution in [3.05, 3.63) is 83.1 Å². The van der Waals surface area contributed by atoms with Crippen LogP contribution in [0.15, 0.2) is 60.6 Å². The van der Waals surface area contributed by atoms with Gasteiger partial charge in [-0.2, -0.15) is 0 Å². The second-order valence-electron chi connectivity index (χ2n) is 22.6. The molecule has 81 heavy (non-hydrogen) atoms. The van der Waals surface area contributed by atoms with Crippen molar-refractivity contribution in [1.29, 1.82) is 0 Å². The number of aromatic amines is 1. The summed E-state index contributed by atoms with van der Waals surface area (Å²) in [5.41, 5.74) is 5.32. The fraction of sp³-hybridized carbons (Fsp3) is 0.569. The average Bonchev–Trinajstić information content (AvgIpc) is 4.26. The van der Waals surface area contributed by atoms with E-state index < -0.39 is 42.0 Å². The summed E-state index contributed by atoms with van der Waals surface area (Å²) in [5.74, 6) is 0.0534. The van der Waals surface area contributed by atoms with E-state index in [1.54, 1.807) is 29.1 Å². The molecule has 5 amide bonds. The van der Waals surface area contributed by atoms with E-state index in [1.807, 2.05) is 0 Å². The van der Waals surface area contributed by atoms with Crippen LogP contribution in [0.1, 0.15) is 137 Å². The van der Waals surface area contributed by atoms with E-state index >= 15 is 0 Å². The fourth-order valence-electron chi connectivity index (χ4n) is 10.9. The van der Waals surface area contributed by atoms with Gasteiger partial charge < -0.3 is 50.1 Å². The summed E-state index contributed by atoms with van der Waals surface area (Å²) in [6.45, 7) is 14.8. The highest BCUT2D eigenvalue weighted by atomic mass is 16.5. The lowest BCUT2D eigenvalue weighted by atomic mass is 9.76. The Morgan fingerprint density at radius 1 is 0.901 bits per heavy atom. The van der Waals surface area contributed by atoms with Crippen molar-refractivity contribution in [2.45, 2.75) is 141 Å². The van der Waals surface area contributed by atoms with Crippen LogP contribution in [-0.4, -0.2) is 169 Å². The van der Waals surface area contributed by atoms with Crippen molar-refractivity contribution in [1.82, 2.24) is 49.9 Å². The summed E-state index contributed by atoms with van der Waals surface area (Å²) in [4.78, 5) is 87.8. The third-order valence-corrected chi connectivity index (χ3v) is 15.6. The lowest BCUT2D eigenvalue weighted by Crippen LogP contribution is -2.54. The maximum Gasteiger partial charge on any atom is 0.264 e. The van der Waals surface area contributed by atoms with Crippen molar-refractivity contribution in [2.75, 3.05) is 76.5 Å². The first-order valence-corrected chi connectivity index (χ1v) is 28.6. The second-order valence-corrected chi connectivity index (χ2v) is 22.6. The first-order chi connectivity index (χ1) is 39.0. The first-order valence-electron chi connectivity index (χ1n) is 28.6. The van der Waals surface area contributed by atoms with Crippen molar-refractivity contribution >= 4 is 63.2 Å². The van der Waals surface area contributed by atoms with Crippen LogP contribution in [-0.2, 0) is 45.2 Å². The molecule has 1 saturated heterocycles. The molecule has 6 heterocycles. The Balaban J connectivity index is 0.590. The molecule has 23 nitrogen and oxygen atoms in total. The number of anilines is 2. The number of unbranched alkanes of at least 4 members (excludes halogenated alkanes) is 3. The van der Waals surface area contributed by atoms with Gasteiger partial charge in [-0.05, 0) is 93.5 Å². The fourth-order valence-corrected chi connectivity index (χ4v) is 10.9. The van der Waals surface area contributed by atoms with Crippen molar-refractivity contribution in [3.8, 4) is 0 Å². The van der Waals surface area contributed by atoms with Gasteiger partial charge in [-0.15, -0.1) is 0 Å². The Kier molecular flexibility index (Phi) is 19.3. The maximum absolute atomic E-state index is 13.3. The number of amides is 5. The predicted molar refractivity (Wildman–Crippen MR) is 301 cm³/mol. The Morgan fingerprint density at radius 3 is 2.41 bits per heavy atom. The minimum absolute atomic E-state index is 0.0508. The van der Waals surface area contributed by atoms with Gasteiger partial charge in [0, 0.05) is 56.7 Å². The number of fused-ring (bicyclic) bond motifs is 3. The van der Waals surface area contributed by atoms with Gasteiger partial charge in [-0.25, -0.2) is 19.9 Å². The van der Waals surface area contributed by atoms with E-state index in [9.17, 15) is 34.2 Å². The molecule has 3 atom stereocenters. The van der Waals surface area contributed by atoms with Gasteiger partial charge in [-0.3, -0.25) is 43.7 Å². The van der Waals surface area contributed by atoms with Gasteiger partial charge in [0.2, 0.25) is 23.9 Å². The van der Waals surface area contributed by atoms with Crippen LogP contribution in [0.25, 0.3) is 22.2 Å². The topological polar surface area (TPSA) is 290 Å². The Bertz CT molecular complexity index is 3070. The largest absolute Gasteiger partial charge is 0.506 e. The minimum atomic E-state index is -1.29. The molecule has 436 valence electrons. The van der Waals surface area contributed by atoms with Gasteiger partial charge in [0.25, 0.3) is 11.8 Å². The number of ether oxygens (including phenoxy) is 4. The number of carbonyl (C=O) groups excluding carboxylic acids is 5. The molecular weight excluding hydrogens is 1040 g/mol. The summed E-state index contributed by atoms with van der Waals surface area (Å²) in [7, 11) is 0. The lowest BCUT2D eigenvalue weighted by molar-refractivity contribution is -0.136. The number of carbonyl (C=O) groups is 5. The quantitative estimate of drug-likeness (QED) is 0.0210. The number of aryl methyl sites for hydroxylation is 1. The summed E-state index contributed by atoms with van der Waals surface area (Å²) in [5, 5.41) is 34.1.